The zero-order valence-corrected chi connectivity index (χ0v) is 13.4. The molecule has 0 bridgehead atoms. The van der Waals surface area contributed by atoms with E-state index in [2.05, 4.69) is 42.7 Å². The lowest BCUT2D eigenvalue weighted by atomic mass is 10.1. The second-order valence-electron chi connectivity index (χ2n) is 6.52. The number of rotatable bonds is 5. The summed E-state index contributed by atoms with van der Waals surface area (Å²) in [6, 6.07) is 0. The molecule has 5 heteroatoms. The molecule has 0 radical (unpaired) electrons. The van der Waals surface area contributed by atoms with Gasteiger partial charge in [-0.2, -0.15) is 11.8 Å². The van der Waals surface area contributed by atoms with Crippen LogP contribution in [-0.4, -0.2) is 32.5 Å². The van der Waals surface area contributed by atoms with E-state index < -0.39 is 0 Å². The third-order valence-electron chi connectivity index (χ3n) is 3.93. The monoisotopic (exact) mass is 282 g/mol. The Morgan fingerprint density at radius 2 is 2.05 bits per heavy atom. The largest absolute Gasteiger partial charge is 0.310 e. The highest BCUT2D eigenvalue weighted by Gasteiger charge is 2.32. The summed E-state index contributed by atoms with van der Waals surface area (Å²) in [5, 5.41) is 12.0. The highest BCUT2D eigenvalue weighted by molar-refractivity contribution is 8.00. The number of thioether (sulfide) groups is 1. The minimum Gasteiger partial charge on any atom is -0.310 e. The van der Waals surface area contributed by atoms with E-state index in [1.165, 1.54) is 25.7 Å². The van der Waals surface area contributed by atoms with Gasteiger partial charge in [0.25, 0.3) is 0 Å². The molecular formula is C14H26N4S. The summed E-state index contributed by atoms with van der Waals surface area (Å²) in [4.78, 5) is 0. The number of nitrogens with zero attached hydrogens (tertiary/aromatic N) is 3. The number of hydrogen-bond acceptors (Lipinski definition) is 4. The van der Waals surface area contributed by atoms with Gasteiger partial charge in [-0.3, -0.25) is 0 Å². The molecule has 1 heterocycles. The van der Waals surface area contributed by atoms with Gasteiger partial charge in [0.2, 0.25) is 0 Å². The summed E-state index contributed by atoms with van der Waals surface area (Å²) in [6.45, 7) is 8.31. The van der Waals surface area contributed by atoms with E-state index in [0.717, 1.165) is 18.8 Å². The number of aromatic nitrogens is 3. The van der Waals surface area contributed by atoms with E-state index in [0.29, 0.717) is 4.75 Å². The highest BCUT2D eigenvalue weighted by Crippen LogP contribution is 2.39. The standard InChI is InChI=1S/C14H26N4S/c1-13(2,3)18-10-12(16-17-18)9-15-11-14(19-4)7-5-6-8-14/h10,15H,5-9,11H2,1-4H3. The third-order valence-corrected chi connectivity index (χ3v) is 5.35. The average molecular weight is 282 g/mol. The number of nitrogens with one attached hydrogen (secondary N) is 1. The zero-order chi connectivity index (χ0) is 13.9. The molecule has 0 aliphatic heterocycles. The molecule has 1 aliphatic rings. The van der Waals surface area contributed by atoms with Crippen molar-refractivity contribution in [3.8, 4) is 0 Å². The summed E-state index contributed by atoms with van der Waals surface area (Å²) in [5.41, 5.74) is 1.04. The molecule has 1 aromatic rings. The lowest BCUT2D eigenvalue weighted by molar-refractivity contribution is 0.347. The highest BCUT2D eigenvalue weighted by atomic mass is 32.2. The fourth-order valence-corrected chi connectivity index (χ4v) is 3.54. The van der Waals surface area contributed by atoms with Crippen molar-refractivity contribution in [2.45, 2.75) is 63.3 Å². The van der Waals surface area contributed by atoms with Gasteiger partial charge in [0.05, 0.1) is 17.4 Å². The van der Waals surface area contributed by atoms with Crippen molar-refractivity contribution in [3.05, 3.63) is 11.9 Å². The predicted octanol–water partition coefficient (Wildman–Crippen LogP) is 2.80. The molecule has 0 spiro atoms. The summed E-state index contributed by atoms with van der Waals surface area (Å²) in [5.74, 6) is 0. The third kappa shape index (κ3) is 3.72. The van der Waals surface area contributed by atoms with Crippen molar-refractivity contribution in [1.82, 2.24) is 20.3 Å². The maximum Gasteiger partial charge on any atom is 0.0965 e. The van der Waals surface area contributed by atoms with Crippen molar-refractivity contribution in [2.24, 2.45) is 0 Å². The van der Waals surface area contributed by atoms with Crippen LogP contribution in [0.4, 0.5) is 0 Å². The number of hydrogen-bond donors (Lipinski definition) is 1. The molecule has 2 rings (SSSR count). The molecule has 0 atom stereocenters. The Morgan fingerprint density at radius 3 is 2.58 bits per heavy atom. The van der Waals surface area contributed by atoms with Crippen LogP contribution in [0.15, 0.2) is 6.20 Å². The summed E-state index contributed by atoms with van der Waals surface area (Å²) in [6.07, 6.45) is 9.73. The Kier molecular flexibility index (Phi) is 4.56. The fourth-order valence-electron chi connectivity index (χ4n) is 2.60. The van der Waals surface area contributed by atoms with Crippen LogP contribution < -0.4 is 5.32 Å². The molecule has 1 aromatic heterocycles. The van der Waals surface area contributed by atoms with Crippen LogP contribution in [0.3, 0.4) is 0 Å². The van der Waals surface area contributed by atoms with E-state index in [1.807, 2.05) is 22.6 Å². The Balaban J connectivity index is 1.84. The van der Waals surface area contributed by atoms with Gasteiger partial charge in [0.15, 0.2) is 0 Å². The van der Waals surface area contributed by atoms with Crippen LogP contribution in [-0.2, 0) is 12.1 Å². The van der Waals surface area contributed by atoms with Gasteiger partial charge < -0.3 is 5.32 Å². The molecule has 19 heavy (non-hydrogen) atoms. The van der Waals surface area contributed by atoms with Crippen molar-refractivity contribution < 1.29 is 0 Å². The van der Waals surface area contributed by atoms with Crippen LogP contribution >= 0.6 is 11.8 Å². The second kappa shape index (κ2) is 5.83. The average Bonchev–Trinajstić information content (AvgIpc) is 2.97. The Hall–Kier alpha value is -0.550. The topological polar surface area (TPSA) is 42.7 Å². The zero-order valence-electron chi connectivity index (χ0n) is 12.6. The van der Waals surface area contributed by atoms with E-state index in [1.54, 1.807) is 0 Å². The molecule has 1 N–H and O–H groups in total. The maximum absolute atomic E-state index is 4.24. The first kappa shape index (κ1) is 14.9. The second-order valence-corrected chi connectivity index (χ2v) is 7.80. The van der Waals surface area contributed by atoms with Crippen LogP contribution in [0.25, 0.3) is 0 Å². The molecule has 1 aliphatic carbocycles. The van der Waals surface area contributed by atoms with Gasteiger partial charge in [-0.1, -0.05) is 18.1 Å². The van der Waals surface area contributed by atoms with Crippen LogP contribution in [0.2, 0.25) is 0 Å². The van der Waals surface area contributed by atoms with Crippen LogP contribution in [0, 0.1) is 0 Å². The van der Waals surface area contributed by atoms with E-state index in [9.17, 15) is 0 Å². The molecule has 0 unspecified atom stereocenters. The van der Waals surface area contributed by atoms with Crippen molar-refractivity contribution in [1.29, 1.82) is 0 Å². The molecular weight excluding hydrogens is 256 g/mol. The van der Waals surface area contributed by atoms with Crippen molar-refractivity contribution in [2.75, 3.05) is 12.8 Å². The Labute approximate surface area is 120 Å². The maximum atomic E-state index is 4.24. The van der Waals surface area contributed by atoms with Gasteiger partial charge in [-0.25, -0.2) is 4.68 Å². The Bertz CT molecular complexity index is 402. The lowest BCUT2D eigenvalue weighted by Crippen LogP contribution is -2.34. The minimum atomic E-state index is 0.0111. The molecule has 0 amide bonds. The quantitative estimate of drug-likeness (QED) is 0.902. The lowest BCUT2D eigenvalue weighted by Gasteiger charge is -2.26. The van der Waals surface area contributed by atoms with E-state index in [-0.39, 0.29) is 5.54 Å². The van der Waals surface area contributed by atoms with Crippen molar-refractivity contribution in [3.63, 3.8) is 0 Å². The van der Waals surface area contributed by atoms with E-state index in [4.69, 9.17) is 0 Å². The normalized spacial score (nSPS) is 18.9. The van der Waals surface area contributed by atoms with Crippen molar-refractivity contribution >= 4 is 11.8 Å². The van der Waals surface area contributed by atoms with Gasteiger partial charge in [0.1, 0.15) is 0 Å². The van der Waals surface area contributed by atoms with Gasteiger partial charge >= 0.3 is 0 Å². The molecule has 4 nitrogen and oxygen atoms in total. The van der Waals surface area contributed by atoms with Gasteiger partial charge in [-0.05, 0) is 39.9 Å². The molecule has 0 aromatic carbocycles. The SMILES string of the molecule is CSC1(CNCc2cn(C(C)(C)C)nn2)CCCC1. The first-order valence-corrected chi connectivity index (χ1v) is 8.35. The fraction of sp³-hybridized carbons (Fsp3) is 0.857. The molecule has 108 valence electrons. The first-order chi connectivity index (χ1) is 8.95. The van der Waals surface area contributed by atoms with Crippen LogP contribution in [0.5, 0.6) is 0 Å². The van der Waals surface area contributed by atoms with Gasteiger partial charge in [0, 0.05) is 17.8 Å². The summed E-state index contributed by atoms with van der Waals surface area (Å²) < 4.78 is 2.39. The predicted molar refractivity (Wildman–Crippen MR) is 81.4 cm³/mol. The summed E-state index contributed by atoms with van der Waals surface area (Å²) in [7, 11) is 0. The van der Waals surface area contributed by atoms with Crippen LogP contribution in [0.1, 0.15) is 52.1 Å². The molecule has 0 saturated heterocycles. The van der Waals surface area contributed by atoms with Gasteiger partial charge in [-0.15, -0.1) is 5.10 Å². The molecule has 1 fully saturated rings. The smallest absolute Gasteiger partial charge is 0.0965 e. The summed E-state index contributed by atoms with van der Waals surface area (Å²) >= 11 is 2.02. The van der Waals surface area contributed by atoms with E-state index >= 15 is 0 Å². The molecule has 1 saturated carbocycles. The first-order valence-electron chi connectivity index (χ1n) is 7.13. The minimum absolute atomic E-state index is 0.0111. The Morgan fingerprint density at radius 1 is 1.37 bits per heavy atom.